The van der Waals surface area contributed by atoms with Gasteiger partial charge in [0.1, 0.15) is 34.4 Å². The minimum absolute atomic E-state index is 0.00565. The molecule has 4 aromatic carbocycles. The Balaban J connectivity index is 0.839. The largest absolute Gasteiger partial charge is 0.497 e. The van der Waals surface area contributed by atoms with Gasteiger partial charge in [0, 0.05) is 87.3 Å². The quantitative estimate of drug-likeness (QED) is 0.0529. The fourth-order valence-electron chi connectivity index (χ4n) is 11.4. The number of ether oxygens (including phenoxy) is 2. The first kappa shape index (κ1) is 46.2. The summed E-state index contributed by atoms with van der Waals surface area (Å²) in [7, 11) is -7.18. The van der Waals surface area contributed by atoms with Crippen molar-refractivity contribution in [3.63, 3.8) is 0 Å². The number of hydrogen-bond donors (Lipinski definition) is 4. The van der Waals surface area contributed by atoms with Crippen molar-refractivity contribution in [2.24, 2.45) is 11.3 Å². The van der Waals surface area contributed by atoms with E-state index in [1.807, 2.05) is 12.1 Å². The normalized spacial score (nSPS) is 22.2. The van der Waals surface area contributed by atoms with E-state index in [1.165, 1.54) is 47.8 Å². The molecule has 0 radical (unpaired) electrons. The van der Waals surface area contributed by atoms with E-state index in [0.29, 0.717) is 43.6 Å². The molecule has 1 unspecified atom stereocenters. The molecule has 4 aliphatic rings. The number of halogens is 1. The van der Waals surface area contributed by atoms with Crippen LogP contribution >= 0.6 is 0 Å². The third-order valence-corrected chi connectivity index (χ3v) is 16.8. The number of aromatic amines is 1. The molecule has 4 fully saturated rings. The van der Waals surface area contributed by atoms with Crippen LogP contribution in [-0.2, 0) is 16.6 Å². The van der Waals surface area contributed by atoms with Gasteiger partial charge in [0.05, 0.1) is 43.7 Å². The number of aliphatic hydroxyl groups is 1. The summed E-state index contributed by atoms with van der Waals surface area (Å²) in [4.78, 5) is 39.5. The van der Waals surface area contributed by atoms with Gasteiger partial charge in [-0.3, -0.25) is 24.7 Å². The maximum atomic E-state index is 14.7. The Hall–Kier alpha value is -6.60. The average Bonchev–Trinajstić information content (AvgIpc) is 3.78. The van der Waals surface area contributed by atoms with Crippen LogP contribution in [0.3, 0.4) is 0 Å². The van der Waals surface area contributed by atoms with Crippen molar-refractivity contribution < 1.29 is 41.2 Å². The zero-order valence-electron chi connectivity index (χ0n) is 44.1. The second-order valence-electron chi connectivity index (χ2n) is 21.1. The summed E-state index contributed by atoms with van der Waals surface area (Å²) in [6, 6.07) is 26.2. The first-order valence-electron chi connectivity index (χ1n) is 26.5. The first-order valence-corrected chi connectivity index (χ1v) is 26.4. The van der Waals surface area contributed by atoms with Crippen LogP contribution in [0.25, 0.3) is 11.0 Å². The van der Waals surface area contributed by atoms with Gasteiger partial charge in [-0.05, 0) is 116 Å². The molecule has 2 aliphatic heterocycles. The summed E-state index contributed by atoms with van der Waals surface area (Å²) in [5.74, 6) is -0.696. The number of amides is 1. The number of aromatic nitrogens is 2. The Morgan fingerprint density at radius 2 is 1.79 bits per heavy atom. The number of carbonyl (C=O) groups is 1. The monoisotopic (exact) mass is 1020 g/mol. The van der Waals surface area contributed by atoms with Gasteiger partial charge in [0.2, 0.25) is 0 Å². The van der Waals surface area contributed by atoms with E-state index in [2.05, 4.69) is 72.8 Å². The molecule has 4 heterocycles. The number of pyridine rings is 1. The zero-order chi connectivity index (χ0) is 53.7. The van der Waals surface area contributed by atoms with E-state index in [1.54, 1.807) is 31.2 Å². The third-order valence-electron chi connectivity index (χ3n) is 15.5. The van der Waals surface area contributed by atoms with Crippen molar-refractivity contribution >= 4 is 44.0 Å². The number of nitro benzene ring substituents is 1. The van der Waals surface area contributed by atoms with E-state index >= 15 is 0 Å². The SMILES string of the molecule is [2H]C([2H])([2H])Oc1ccc(CN2CCN(C3CC4(C3)CN(c3ccc(C(=O)NS(=O)(=O)c5ccc(NCC6CCC(C)(O)CC6)c([N+](=O)[O-])c5)c(Oc5cnc6[nH]cc(F)c6c5)c3)C4)C(c3ccccc3C(C)C)C2)cc1. The highest BCUT2D eigenvalue weighted by Crippen LogP contribution is 2.54. The third kappa shape index (κ3) is 10.6. The topological polar surface area (TPSA) is 195 Å². The number of nitrogens with one attached hydrogen (secondary N) is 3. The highest BCUT2D eigenvalue weighted by Gasteiger charge is 2.55. The summed E-state index contributed by atoms with van der Waals surface area (Å²) in [6.45, 7) is 11.4. The number of piperazine rings is 1. The van der Waals surface area contributed by atoms with Crippen molar-refractivity contribution in [1.82, 2.24) is 24.5 Å². The Morgan fingerprint density at radius 3 is 2.53 bits per heavy atom. The second kappa shape index (κ2) is 20.0. The highest BCUT2D eigenvalue weighted by molar-refractivity contribution is 7.90. The summed E-state index contributed by atoms with van der Waals surface area (Å²) in [5.41, 5.74) is 3.58. The number of methoxy groups -OCH3 is 1. The molecule has 2 saturated carbocycles. The molecule has 6 aromatic rings. The number of nitrogens with zero attached hydrogens (tertiary/aromatic N) is 5. The molecule has 384 valence electrons. The predicted octanol–water partition coefficient (Wildman–Crippen LogP) is 9.53. The molecule has 0 bridgehead atoms. The smallest absolute Gasteiger partial charge is 0.293 e. The molecular weight excluding hydrogens is 952 g/mol. The molecule has 16 nitrogen and oxygen atoms in total. The Bertz CT molecular complexity index is 3240. The molecular formula is C55H63FN8O8S. The van der Waals surface area contributed by atoms with Gasteiger partial charge in [-0.15, -0.1) is 0 Å². The number of fused-ring (bicyclic) bond motifs is 1. The number of rotatable bonds is 16. The Morgan fingerprint density at radius 1 is 1.03 bits per heavy atom. The lowest BCUT2D eigenvalue weighted by Crippen LogP contribution is -2.68. The maximum Gasteiger partial charge on any atom is 0.293 e. The lowest BCUT2D eigenvalue weighted by atomic mass is 9.59. The molecule has 2 saturated heterocycles. The van der Waals surface area contributed by atoms with Crippen LogP contribution in [-0.4, -0.2) is 102 Å². The van der Waals surface area contributed by atoms with E-state index in [9.17, 15) is 32.8 Å². The van der Waals surface area contributed by atoms with Gasteiger partial charge >= 0.3 is 0 Å². The molecule has 2 aliphatic carbocycles. The minimum Gasteiger partial charge on any atom is -0.497 e. The van der Waals surface area contributed by atoms with Crippen molar-refractivity contribution in [3.8, 4) is 17.2 Å². The van der Waals surface area contributed by atoms with Gasteiger partial charge in [0.15, 0.2) is 0 Å². The van der Waals surface area contributed by atoms with Crippen molar-refractivity contribution in [1.29, 1.82) is 0 Å². The average molecular weight is 1020 g/mol. The minimum atomic E-state index is -4.66. The number of carbonyl (C=O) groups excluding carboxylic acids is 1. The van der Waals surface area contributed by atoms with Crippen LogP contribution in [0.4, 0.5) is 21.5 Å². The van der Waals surface area contributed by atoms with Crippen LogP contribution in [0.15, 0.2) is 108 Å². The number of benzene rings is 4. The molecule has 1 amide bonds. The molecule has 1 spiro atoms. The predicted molar refractivity (Wildman–Crippen MR) is 277 cm³/mol. The van der Waals surface area contributed by atoms with Crippen molar-refractivity contribution in [2.75, 3.05) is 56.5 Å². The Labute approximate surface area is 429 Å². The van der Waals surface area contributed by atoms with E-state index in [-0.39, 0.29) is 51.2 Å². The van der Waals surface area contributed by atoms with Crippen LogP contribution in [0.5, 0.6) is 17.2 Å². The number of anilines is 2. The lowest BCUT2D eigenvalue weighted by Gasteiger charge is -2.63. The van der Waals surface area contributed by atoms with Gasteiger partial charge in [-0.1, -0.05) is 50.2 Å². The van der Waals surface area contributed by atoms with E-state index < -0.39 is 49.9 Å². The molecule has 10 rings (SSSR count). The highest BCUT2D eigenvalue weighted by atomic mass is 32.2. The molecule has 18 heteroatoms. The van der Waals surface area contributed by atoms with Gasteiger partial charge < -0.3 is 29.8 Å². The van der Waals surface area contributed by atoms with Gasteiger partial charge in [0.25, 0.3) is 21.6 Å². The summed E-state index contributed by atoms with van der Waals surface area (Å²) >= 11 is 0. The lowest BCUT2D eigenvalue weighted by molar-refractivity contribution is -0.384. The zero-order valence-corrected chi connectivity index (χ0v) is 42.0. The Kier molecular flexibility index (Phi) is 12.7. The first-order chi connectivity index (χ1) is 36.1. The van der Waals surface area contributed by atoms with E-state index in [0.717, 1.165) is 75.7 Å². The molecule has 4 N–H and O–H groups in total. The number of nitro groups is 1. The van der Waals surface area contributed by atoms with Gasteiger partial charge in [-0.2, -0.15) is 0 Å². The fraction of sp³-hybridized carbons (Fsp3) is 0.418. The second-order valence-corrected chi connectivity index (χ2v) is 22.8. The van der Waals surface area contributed by atoms with Crippen LogP contribution in [0.1, 0.15) is 102 Å². The van der Waals surface area contributed by atoms with E-state index in [4.69, 9.17) is 13.6 Å². The molecule has 73 heavy (non-hydrogen) atoms. The van der Waals surface area contributed by atoms with Crippen LogP contribution < -0.4 is 24.4 Å². The molecule has 1 atom stereocenters. The standard InChI is InChI=1S/C55H63FN8O8S/c1-35(2)43-7-5-6-8-44(43)50-32-61(31-37-9-12-40(71-4)13-10-37)21-22-63(50)39-26-55(27-39)33-62(34-55)38-11-15-45(51(23-38)72-41-24-46-47(56)30-59-52(46)58-29-41)53(65)60-73(69,70)42-14-16-48(49(25-42)64(67)68)57-28-36-17-19-54(3,66)20-18-36/h5-16,23-25,29-30,35-36,39,50,57,66H,17-22,26-28,31-34H2,1-4H3,(H,58,59)(H,60,65)/i4D3. The summed E-state index contributed by atoms with van der Waals surface area (Å²) in [6.07, 6.45) is 7.21. The summed E-state index contributed by atoms with van der Waals surface area (Å²) in [5, 5.41) is 25.8. The van der Waals surface area contributed by atoms with Gasteiger partial charge in [-0.25, -0.2) is 22.5 Å². The summed E-state index contributed by atoms with van der Waals surface area (Å²) < 4.78 is 78.2. The fourth-order valence-corrected chi connectivity index (χ4v) is 12.4. The van der Waals surface area contributed by atoms with Crippen molar-refractivity contribution in [2.45, 2.75) is 94.3 Å². The van der Waals surface area contributed by atoms with Crippen molar-refractivity contribution in [3.05, 3.63) is 142 Å². The number of hydrogen-bond acceptors (Lipinski definition) is 13. The molecule has 2 aromatic heterocycles. The number of sulfonamides is 1. The van der Waals surface area contributed by atoms with Crippen LogP contribution in [0, 0.1) is 27.3 Å². The maximum absolute atomic E-state index is 14.7. The number of H-pyrrole nitrogens is 1. The van der Waals surface area contributed by atoms with Crippen LogP contribution in [0.2, 0.25) is 0 Å².